The van der Waals surface area contributed by atoms with Crippen LogP contribution in [0.5, 0.6) is 5.75 Å². The first-order valence-electron chi connectivity index (χ1n) is 7.39. The van der Waals surface area contributed by atoms with Gasteiger partial charge in [-0.25, -0.2) is 4.98 Å². The summed E-state index contributed by atoms with van der Waals surface area (Å²) in [5.41, 5.74) is 2.72. The fourth-order valence-corrected chi connectivity index (χ4v) is 2.75. The number of ether oxygens (including phenoxy) is 1. The molecule has 0 amide bonds. The standard InChI is InChI=1S/C19H15N3O/c1-23-17-9-5-4-8-15(17)19-21-12-16(22-19)18-14-7-3-2-6-13(14)10-11-20-18/h2-12H,1H3,(H,21,22). The topological polar surface area (TPSA) is 50.8 Å². The van der Waals surface area contributed by atoms with E-state index in [4.69, 9.17) is 4.74 Å². The van der Waals surface area contributed by atoms with Crippen LogP contribution in [-0.2, 0) is 0 Å². The average Bonchev–Trinajstić information content (AvgIpc) is 3.11. The lowest BCUT2D eigenvalue weighted by Crippen LogP contribution is -1.89. The lowest BCUT2D eigenvalue weighted by atomic mass is 10.1. The number of benzene rings is 2. The van der Waals surface area contributed by atoms with E-state index in [1.165, 1.54) is 0 Å². The summed E-state index contributed by atoms with van der Waals surface area (Å²) < 4.78 is 5.41. The monoisotopic (exact) mass is 301 g/mol. The number of nitrogens with zero attached hydrogens (tertiary/aromatic N) is 2. The number of methoxy groups -OCH3 is 1. The van der Waals surface area contributed by atoms with Crippen LogP contribution in [0.2, 0.25) is 0 Å². The van der Waals surface area contributed by atoms with Crippen molar-refractivity contribution in [1.29, 1.82) is 0 Å². The quantitative estimate of drug-likeness (QED) is 0.614. The molecule has 0 radical (unpaired) electrons. The maximum atomic E-state index is 5.41. The first-order chi connectivity index (χ1) is 11.4. The van der Waals surface area contributed by atoms with Gasteiger partial charge in [0.05, 0.1) is 30.3 Å². The predicted octanol–water partition coefficient (Wildman–Crippen LogP) is 4.30. The molecule has 2 aromatic heterocycles. The average molecular weight is 301 g/mol. The van der Waals surface area contributed by atoms with Gasteiger partial charge in [-0.1, -0.05) is 36.4 Å². The van der Waals surface area contributed by atoms with Crippen LogP contribution in [0.1, 0.15) is 0 Å². The van der Waals surface area contributed by atoms with Gasteiger partial charge in [0, 0.05) is 11.6 Å². The molecule has 23 heavy (non-hydrogen) atoms. The lowest BCUT2D eigenvalue weighted by molar-refractivity contribution is 0.416. The summed E-state index contributed by atoms with van der Waals surface area (Å²) in [6.07, 6.45) is 3.64. The molecule has 112 valence electrons. The summed E-state index contributed by atoms with van der Waals surface area (Å²) in [5.74, 6) is 1.56. The molecule has 4 nitrogen and oxygen atoms in total. The van der Waals surface area contributed by atoms with Gasteiger partial charge in [0.1, 0.15) is 11.6 Å². The fraction of sp³-hybridized carbons (Fsp3) is 0.0526. The molecule has 0 saturated heterocycles. The van der Waals surface area contributed by atoms with Crippen LogP contribution in [0.25, 0.3) is 33.5 Å². The van der Waals surface area contributed by atoms with Crippen LogP contribution in [0.15, 0.2) is 67.0 Å². The zero-order valence-corrected chi connectivity index (χ0v) is 12.7. The Morgan fingerprint density at radius 3 is 2.65 bits per heavy atom. The van der Waals surface area contributed by atoms with E-state index in [-0.39, 0.29) is 0 Å². The number of aromatic amines is 1. The van der Waals surface area contributed by atoms with Gasteiger partial charge in [0.15, 0.2) is 0 Å². The Hall–Kier alpha value is -3.14. The number of nitrogens with one attached hydrogen (secondary N) is 1. The summed E-state index contributed by atoms with van der Waals surface area (Å²) >= 11 is 0. The number of hydrogen-bond donors (Lipinski definition) is 1. The van der Waals surface area contributed by atoms with E-state index in [9.17, 15) is 0 Å². The van der Waals surface area contributed by atoms with E-state index >= 15 is 0 Å². The minimum Gasteiger partial charge on any atom is -0.496 e. The minimum absolute atomic E-state index is 0.771. The molecule has 0 bridgehead atoms. The van der Waals surface area contributed by atoms with Gasteiger partial charge < -0.3 is 9.72 Å². The van der Waals surface area contributed by atoms with E-state index in [0.29, 0.717) is 0 Å². The fourth-order valence-electron chi connectivity index (χ4n) is 2.75. The van der Waals surface area contributed by atoms with Crippen LogP contribution in [0, 0.1) is 0 Å². The van der Waals surface area contributed by atoms with Crippen molar-refractivity contribution in [1.82, 2.24) is 15.0 Å². The largest absolute Gasteiger partial charge is 0.496 e. The second-order valence-electron chi connectivity index (χ2n) is 5.23. The molecule has 0 atom stereocenters. The second kappa shape index (κ2) is 5.57. The highest BCUT2D eigenvalue weighted by Gasteiger charge is 2.12. The molecule has 2 aromatic carbocycles. The predicted molar refractivity (Wildman–Crippen MR) is 91.3 cm³/mol. The molecule has 0 fully saturated rings. The number of para-hydroxylation sites is 1. The maximum Gasteiger partial charge on any atom is 0.141 e. The van der Waals surface area contributed by atoms with Gasteiger partial charge in [-0.15, -0.1) is 0 Å². The van der Waals surface area contributed by atoms with Crippen LogP contribution in [0.3, 0.4) is 0 Å². The smallest absolute Gasteiger partial charge is 0.141 e. The number of imidazole rings is 1. The molecule has 0 aliphatic rings. The van der Waals surface area contributed by atoms with Crippen molar-refractivity contribution in [3.05, 3.63) is 67.0 Å². The normalized spacial score (nSPS) is 10.8. The molecule has 0 spiro atoms. The lowest BCUT2D eigenvalue weighted by Gasteiger charge is -2.05. The molecule has 4 aromatic rings. The Bertz CT molecular complexity index is 970. The third-order valence-corrected chi connectivity index (χ3v) is 3.87. The van der Waals surface area contributed by atoms with Crippen molar-refractivity contribution in [3.8, 4) is 28.5 Å². The van der Waals surface area contributed by atoms with Crippen molar-refractivity contribution >= 4 is 10.8 Å². The van der Waals surface area contributed by atoms with Gasteiger partial charge in [-0.3, -0.25) is 4.98 Å². The van der Waals surface area contributed by atoms with Crippen LogP contribution in [-0.4, -0.2) is 22.1 Å². The zero-order chi connectivity index (χ0) is 15.6. The highest BCUT2D eigenvalue weighted by molar-refractivity contribution is 5.93. The highest BCUT2D eigenvalue weighted by atomic mass is 16.5. The number of rotatable bonds is 3. The molecule has 0 aliphatic heterocycles. The van der Waals surface area contributed by atoms with E-state index in [1.54, 1.807) is 7.11 Å². The third-order valence-electron chi connectivity index (χ3n) is 3.87. The van der Waals surface area contributed by atoms with Gasteiger partial charge in [0.25, 0.3) is 0 Å². The van der Waals surface area contributed by atoms with Crippen molar-refractivity contribution in [2.45, 2.75) is 0 Å². The molecule has 0 saturated carbocycles. The first-order valence-corrected chi connectivity index (χ1v) is 7.39. The number of aromatic nitrogens is 3. The van der Waals surface area contributed by atoms with E-state index in [2.05, 4.69) is 27.1 Å². The maximum absolute atomic E-state index is 5.41. The summed E-state index contributed by atoms with van der Waals surface area (Å²) in [7, 11) is 1.66. The first kappa shape index (κ1) is 13.5. The number of pyridine rings is 1. The molecule has 0 aliphatic carbocycles. The second-order valence-corrected chi connectivity index (χ2v) is 5.23. The highest BCUT2D eigenvalue weighted by Crippen LogP contribution is 2.30. The Morgan fingerprint density at radius 1 is 0.913 bits per heavy atom. The molecular weight excluding hydrogens is 286 g/mol. The van der Waals surface area contributed by atoms with Crippen molar-refractivity contribution in [2.24, 2.45) is 0 Å². The Kier molecular flexibility index (Phi) is 3.27. The SMILES string of the molecule is COc1ccccc1-c1ncc(-c2nccc3ccccc23)[nH]1. The van der Waals surface area contributed by atoms with Crippen LogP contribution >= 0.6 is 0 Å². The number of hydrogen-bond acceptors (Lipinski definition) is 3. The number of H-pyrrole nitrogens is 1. The Labute approximate surface area is 133 Å². The van der Waals surface area contributed by atoms with Crippen LogP contribution in [0.4, 0.5) is 0 Å². The molecule has 4 heteroatoms. The molecular formula is C19H15N3O. The number of fused-ring (bicyclic) bond motifs is 1. The van der Waals surface area contributed by atoms with Gasteiger partial charge in [-0.05, 0) is 23.6 Å². The van der Waals surface area contributed by atoms with E-state index in [0.717, 1.165) is 39.3 Å². The minimum atomic E-state index is 0.771. The van der Waals surface area contributed by atoms with Crippen molar-refractivity contribution in [3.63, 3.8) is 0 Å². The summed E-state index contributed by atoms with van der Waals surface area (Å²) in [4.78, 5) is 12.4. The summed E-state index contributed by atoms with van der Waals surface area (Å²) in [5, 5.41) is 2.26. The van der Waals surface area contributed by atoms with Gasteiger partial charge in [-0.2, -0.15) is 0 Å². The van der Waals surface area contributed by atoms with E-state index < -0.39 is 0 Å². The van der Waals surface area contributed by atoms with Gasteiger partial charge in [0.2, 0.25) is 0 Å². The summed E-state index contributed by atoms with van der Waals surface area (Å²) in [6, 6.07) is 18.0. The molecule has 0 unspecified atom stereocenters. The van der Waals surface area contributed by atoms with Crippen LogP contribution < -0.4 is 4.74 Å². The third kappa shape index (κ3) is 2.34. The van der Waals surface area contributed by atoms with Crippen molar-refractivity contribution in [2.75, 3.05) is 7.11 Å². The summed E-state index contributed by atoms with van der Waals surface area (Å²) in [6.45, 7) is 0. The van der Waals surface area contributed by atoms with Gasteiger partial charge >= 0.3 is 0 Å². The Morgan fingerprint density at radius 2 is 1.74 bits per heavy atom. The molecule has 1 N–H and O–H groups in total. The molecule has 2 heterocycles. The molecule has 4 rings (SSSR count). The van der Waals surface area contributed by atoms with Crippen molar-refractivity contribution < 1.29 is 4.74 Å². The van der Waals surface area contributed by atoms with E-state index in [1.807, 2.05) is 54.9 Å². The Balaban J connectivity index is 1.84. The zero-order valence-electron chi connectivity index (χ0n) is 12.7.